The van der Waals surface area contributed by atoms with Crippen LogP contribution in [0.2, 0.25) is 0 Å². The lowest BCUT2D eigenvalue weighted by Crippen LogP contribution is -2.25. The van der Waals surface area contributed by atoms with Gasteiger partial charge in [-0.2, -0.15) is 0 Å². The molecule has 0 saturated carbocycles. The molecule has 1 amide bonds. The SMILES string of the molecule is C#CCNC(=O)CSc1nnc(-c2cc3c(s2)CCC(C)C3)o1. The number of terminal acetylenes is 1. The van der Waals surface area contributed by atoms with Crippen LogP contribution in [0.5, 0.6) is 0 Å². The van der Waals surface area contributed by atoms with Gasteiger partial charge in [0.05, 0.1) is 17.2 Å². The second-order valence-electron chi connectivity index (χ2n) is 5.55. The van der Waals surface area contributed by atoms with Crippen molar-refractivity contribution < 1.29 is 9.21 Å². The van der Waals surface area contributed by atoms with Gasteiger partial charge in [0.2, 0.25) is 5.91 Å². The normalized spacial score (nSPS) is 16.6. The van der Waals surface area contributed by atoms with Gasteiger partial charge >= 0.3 is 0 Å². The summed E-state index contributed by atoms with van der Waals surface area (Å²) in [6, 6.07) is 2.16. The van der Waals surface area contributed by atoms with Crippen molar-refractivity contribution in [2.75, 3.05) is 12.3 Å². The third-order valence-corrected chi connectivity index (χ3v) is 5.70. The molecule has 120 valence electrons. The Morgan fingerprint density at radius 3 is 3.30 bits per heavy atom. The van der Waals surface area contributed by atoms with E-state index in [0.29, 0.717) is 11.1 Å². The molecule has 0 bridgehead atoms. The van der Waals surface area contributed by atoms with Crippen molar-refractivity contribution in [3.05, 3.63) is 16.5 Å². The van der Waals surface area contributed by atoms with Gasteiger partial charge < -0.3 is 9.73 Å². The van der Waals surface area contributed by atoms with Crippen molar-refractivity contribution in [3.8, 4) is 23.1 Å². The van der Waals surface area contributed by atoms with Gasteiger partial charge in [0, 0.05) is 4.88 Å². The molecule has 0 radical (unpaired) electrons. The summed E-state index contributed by atoms with van der Waals surface area (Å²) >= 11 is 2.95. The average molecular weight is 347 g/mol. The molecule has 7 heteroatoms. The number of fused-ring (bicyclic) bond motifs is 1. The van der Waals surface area contributed by atoms with Gasteiger partial charge in [0.15, 0.2) is 0 Å². The number of nitrogens with one attached hydrogen (secondary N) is 1. The maximum Gasteiger partial charge on any atom is 0.277 e. The van der Waals surface area contributed by atoms with E-state index in [1.807, 2.05) is 0 Å². The Kier molecular flexibility index (Phi) is 5.03. The van der Waals surface area contributed by atoms with Crippen molar-refractivity contribution in [1.29, 1.82) is 0 Å². The standard InChI is InChI=1S/C16H17N3O2S2/c1-3-6-17-14(20)9-22-16-19-18-15(21-16)13-8-11-7-10(2)4-5-12(11)23-13/h1,8,10H,4-7,9H2,2H3,(H,17,20). The van der Waals surface area contributed by atoms with Crippen molar-refractivity contribution in [1.82, 2.24) is 15.5 Å². The van der Waals surface area contributed by atoms with E-state index in [0.717, 1.165) is 23.6 Å². The molecule has 5 nitrogen and oxygen atoms in total. The van der Waals surface area contributed by atoms with E-state index in [1.54, 1.807) is 11.3 Å². The number of nitrogens with zero attached hydrogens (tertiary/aromatic N) is 2. The Hall–Kier alpha value is -1.78. The fourth-order valence-corrected chi connectivity index (χ4v) is 4.23. The van der Waals surface area contributed by atoms with Crippen LogP contribution < -0.4 is 5.32 Å². The highest BCUT2D eigenvalue weighted by molar-refractivity contribution is 7.99. The van der Waals surface area contributed by atoms with Gasteiger partial charge in [0.25, 0.3) is 11.1 Å². The van der Waals surface area contributed by atoms with E-state index in [-0.39, 0.29) is 18.2 Å². The fraction of sp³-hybridized carbons (Fsp3) is 0.438. The van der Waals surface area contributed by atoms with E-state index in [2.05, 4.69) is 34.4 Å². The molecule has 0 aromatic carbocycles. The molecule has 2 aromatic heterocycles. The molecule has 2 heterocycles. The van der Waals surface area contributed by atoms with Crippen LogP contribution in [-0.2, 0) is 17.6 Å². The Bertz CT molecular complexity index is 745. The summed E-state index contributed by atoms with van der Waals surface area (Å²) in [7, 11) is 0. The smallest absolute Gasteiger partial charge is 0.277 e. The van der Waals surface area contributed by atoms with Crippen molar-refractivity contribution in [2.24, 2.45) is 5.92 Å². The summed E-state index contributed by atoms with van der Waals surface area (Å²) < 4.78 is 5.66. The number of amides is 1. The van der Waals surface area contributed by atoms with Crippen LogP contribution in [0.3, 0.4) is 0 Å². The van der Waals surface area contributed by atoms with Gasteiger partial charge in [-0.1, -0.05) is 24.6 Å². The lowest BCUT2D eigenvalue weighted by atomic mass is 9.90. The molecule has 23 heavy (non-hydrogen) atoms. The van der Waals surface area contributed by atoms with Crippen LogP contribution in [0.25, 0.3) is 10.8 Å². The zero-order valence-electron chi connectivity index (χ0n) is 12.8. The first-order chi connectivity index (χ1) is 11.2. The average Bonchev–Trinajstić information content (AvgIpc) is 3.16. The predicted molar refractivity (Wildman–Crippen MR) is 91.4 cm³/mol. The van der Waals surface area contributed by atoms with Gasteiger partial charge in [-0.25, -0.2) is 0 Å². The number of carbonyl (C=O) groups is 1. The van der Waals surface area contributed by atoms with E-state index in [9.17, 15) is 4.79 Å². The zero-order chi connectivity index (χ0) is 16.2. The van der Waals surface area contributed by atoms with Crippen LogP contribution >= 0.6 is 23.1 Å². The first-order valence-corrected chi connectivity index (χ1v) is 9.24. The van der Waals surface area contributed by atoms with Crippen molar-refractivity contribution >= 4 is 29.0 Å². The fourth-order valence-electron chi connectivity index (χ4n) is 2.51. The summed E-state index contributed by atoms with van der Waals surface area (Å²) in [4.78, 5) is 13.9. The summed E-state index contributed by atoms with van der Waals surface area (Å²) in [6.07, 6.45) is 8.58. The molecule has 1 N–H and O–H groups in total. The molecule has 0 fully saturated rings. The molecular weight excluding hydrogens is 330 g/mol. The number of carbonyl (C=O) groups excluding carboxylic acids is 1. The third-order valence-electron chi connectivity index (χ3n) is 3.66. The third kappa shape index (κ3) is 3.95. The number of aryl methyl sites for hydroxylation is 1. The quantitative estimate of drug-likeness (QED) is 0.665. The summed E-state index contributed by atoms with van der Waals surface area (Å²) in [5, 5.41) is 11.1. The first kappa shape index (κ1) is 16.1. The zero-order valence-corrected chi connectivity index (χ0v) is 14.4. The van der Waals surface area contributed by atoms with Crippen LogP contribution in [0.4, 0.5) is 0 Å². The topological polar surface area (TPSA) is 68.0 Å². The van der Waals surface area contributed by atoms with Crippen molar-refractivity contribution in [2.45, 2.75) is 31.4 Å². The molecular formula is C16H17N3O2S2. The Morgan fingerprint density at radius 1 is 1.61 bits per heavy atom. The van der Waals surface area contributed by atoms with Crippen LogP contribution in [0.1, 0.15) is 23.8 Å². The highest BCUT2D eigenvalue weighted by Gasteiger charge is 2.21. The largest absolute Gasteiger partial charge is 0.410 e. The van der Waals surface area contributed by atoms with E-state index >= 15 is 0 Å². The molecule has 2 aromatic rings. The molecule has 1 atom stereocenters. The number of thioether (sulfide) groups is 1. The number of hydrogen-bond acceptors (Lipinski definition) is 6. The highest BCUT2D eigenvalue weighted by atomic mass is 32.2. The molecule has 3 rings (SSSR count). The van der Waals surface area contributed by atoms with Crippen LogP contribution in [-0.4, -0.2) is 28.4 Å². The minimum Gasteiger partial charge on any atom is -0.410 e. The van der Waals surface area contributed by atoms with E-state index in [4.69, 9.17) is 10.8 Å². The summed E-state index contributed by atoms with van der Waals surface area (Å²) in [6.45, 7) is 2.51. The van der Waals surface area contributed by atoms with Gasteiger partial charge in [0.1, 0.15) is 0 Å². The monoisotopic (exact) mass is 347 g/mol. The Morgan fingerprint density at radius 2 is 2.48 bits per heavy atom. The molecule has 1 aliphatic carbocycles. The van der Waals surface area contributed by atoms with Gasteiger partial charge in [-0.05, 0) is 36.8 Å². The van der Waals surface area contributed by atoms with Crippen LogP contribution in [0.15, 0.2) is 15.7 Å². The van der Waals surface area contributed by atoms with Crippen LogP contribution in [0, 0.1) is 18.3 Å². The van der Waals surface area contributed by atoms with E-state index < -0.39 is 0 Å². The minimum atomic E-state index is -0.145. The Balaban J connectivity index is 1.63. The number of aromatic nitrogens is 2. The van der Waals surface area contributed by atoms with Gasteiger partial charge in [-0.3, -0.25) is 4.79 Å². The predicted octanol–water partition coefficient (Wildman–Crippen LogP) is 2.76. The molecule has 1 unspecified atom stereocenters. The van der Waals surface area contributed by atoms with E-state index in [1.165, 1.54) is 28.6 Å². The molecule has 1 aliphatic rings. The summed E-state index contributed by atoms with van der Waals surface area (Å²) in [5.41, 5.74) is 1.41. The van der Waals surface area contributed by atoms with Crippen molar-refractivity contribution in [3.63, 3.8) is 0 Å². The number of hydrogen-bond donors (Lipinski definition) is 1. The maximum atomic E-state index is 11.5. The molecule has 0 saturated heterocycles. The number of thiophene rings is 1. The lowest BCUT2D eigenvalue weighted by Gasteiger charge is -2.16. The lowest BCUT2D eigenvalue weighted by molar-refractivity contribution is -0.118. The first-order valence-electron chi connectivity index (χ1n) is 7.44. The second-order valence-corrected chi connectivity index (χ2v) is 7.61. The van der Waals surface area contributed by atoms with Gasteiger partial charge in [-0.15, -0.1) is 28.0 Å². The maximum absolute atomic E-state index is 11.5. The molecule has 0 aliphatic heterocycles. The minimum absolute atomic E-state index is 0.145. The molecule has 0 spiro atoms. The highest BCUT2D eigenvalue weighted by Crippen LogP contribution is 2.37. The number of rotatable bonds is 5. The second kappa shape index (κ2) is 7.20. The summed E-state index contributed by atoms with van der Waals surface area (Å²) in [5.74, 6) is 3.69. The Labute approximate surface area is 143 Å².